The Morgan fingerprint density at radius 3 is 2.50 bits per heavy atom. The van der Waals surface area contributed by atoms with Gasteiger partial charge in [-0.3, -0.25) is 14.3 Å². The van der Waals surface area contributed by atoms with E-state index in [2.05, 4.69) is 16.5 Å². The average molecular weight is 334 g/mol. The van der Waals surface area contributed by atoms with Crippen LogP contribution in [0.4, 0.5) is 0 Å². The molecule has 24 heavy (non-hydrogen) atoms. The molecule has 7 heteroatoms. The standard InChI is InChI=1S/C17H26N4O3/c1-11(2)17(6,10-18)19-16(23)14(5)24-15(22)7-8-21-13(4)9-12(3)20-21/h9,11,14H,7-8H2,1-6H3,(H,19,23). The van der Waals surface area contributed by atoms with Crippen molar-refractivity contribution in [1.82, 2.24) is 15.1 Å². The summed E-state index contributed by atoms with van der Waals surface area (Å²) in [5.41, 5.74) is 0.854. The van der Waals surface area contributed by atoms with Crippen molar-refractivity contribution < 1.29 is 14.3 Å². The fourth-order valence-electron chi connectivity index (χ4n) is 2.07. The number of nitriles is 1. The van der Waals surface area contributed by atoms with Gasteiger partial charge in [0.1, 0.15) is 5.54 Å². The van der Waals surface area contributed by atoms with Gasteiger partial charge in [-0.25, -0.2) is 0 Å². The summed E-state index contributed by atoms with van der Waals surface area (Å²) in [6, 6.07) is 4.01. The maximum absolute atomic E-state index is 12.1. The Morgan fingerprint density at radius 1 is 1.42 bits per heavy atom. The number of amides is 1. The van der Waals surface area contributed by atoms with Crippen LogP contribution in [0.25, 0.3) is 0 Å². The van der Waals surface area contributed by atoms with Gasteiger partial charge in [0, 0.05) is 5.69 Å². The maximum atomic E-state index is 12.1. The summed E-state index contributed by atoms with van der Waals surface area (Å²) in [6.45, 7) is 11.0. The zero-order valence-electron chi connectivity index (χ0n) is 15.2. The number of aryl methyl sites for hydroxylation is 3. The smallest absolute Gasteiger partial charge is 0.308 e. The van der Waals surface area contributed by atoms with Crippen molar-refractivity contribution in [2.24, 2.45) is 5.92 Å². The third kappa shape index (κ3) is 5.08. The molecule has 1 amide bonds. The zero-order valence-corrected chi connectivity index (χ0v) is 15.2. The van der Waals surface area contributed by atoms with Gasteiger partial charge in [0.05, 0.1) is 24.7 Å². The lowest BCUT2D eigenvalue weighted by Gasteiger charge is -2.28. The minimum absolute atomic E-state index is 0.0691. The lowest BCUT2D eigenvalue weighted by molar-refractivity contribution is -0.155. The first-order chi connectivity index (χ1) is 11.1. The van der Waals surface area contributed by atoms with Crippen molar-refractivity contribution >= 4 is 11.9 Å². The number of ether oxygens (including phenoxy) is 1. The van der Waals surface area contributed by atoms with Gasteiger partial charge in [-0.2, -0.15) is 10.4 Å². The van der Waals surface area contributed by atoms with Crippen LogP contribution in [0.15, 0.2) is 6.07 Å². The van der Waals surface area contributed by atoms with E-state index in [1.807, 2.05) is 33.8 Å². The van der Waals surface area contributed by atoms with E-state index in [9.17, 15) is 14.9 Å². The first-order valence-electron chi connectivity index (χ1n) is 8.03. The molecule has 0 spiro atoms. The highest BCUT2D eigenvalue weighted by Gasteiger charge is 2.32. The highest BCUT2D eigenvalue weighted by molar-refractivity contribution is 5.84. The average Bonchev–Trinajstić information content (AvgIpc) is 2.82. The van der Waals surface area contributed by atoms with Gasteiger partial charge in [0.25, 0.3) is 5.91 Å². The number of nitrogens with zero attached hydrogens (tertiary/aromatic N) is 3. The van der Waals surface area contributed by atoms with Crippen LogP contribution in [-0.2, 0) is 20.9 Å². The summed E-state index contributed by atoms with van der Waals surface area (Å²) >= 11 is 0. The number of rotatable bonds is 7. The summed E-state index contributed by atoms with van der Waals surface area (Å²) in [4.78, 5) is 24.0. The number of hydrogen-bond acceptors (Lipinski definition) is 5. The van der Waals surface area contributed by atoms with Crippen molar-refractivity contribution in [1.29, 1.82) is 5.26 Å². The van der Waals surface area contributed by atoms with Crippen LogP contribution in [-0.4, -0.2) is 33.3 Å². The Kier molecular flexibility index (Phi) is 6.52. The lowest BCUT2D eigenvalue weighted by Crippen LogP contribution is -2.52. The first-order valence-corrected chi connectivity index (χ1v) is 8.03. The van der Waals surface area contributed by atoms with Crippen LogP contribution < -0.4 is 5.32 Å². The molecular formula is C17H26N4O3. The topological polar surface area (TPSA) is 97.0 Å². The Labute approximate surface area is 143 Å². The molecule has 1 aromatic heterocycles. The SMILES string of the molecule is Cc1cc(C)n(CCC(=O)OC(C)C(=O)NC(C)(C#N)C(C)C)n1. The number of esters is 1. The predicted octanol–water partition coefficient (Wildman–Crippen LogP) is 1.88. The van der Waals surface area contributed by atoms with E-state index in [0.717, 1.165) is 11.4 Å². The molecule has 2 atom stereocenters. The van der Waals surface area contributed by atoms with Gasteiger partial charge in [-0.1, -0.05) is 13.8 Å². The first kappa shape index (κ1) is 19.7. The molecule has 1 rings (SSSR count). The van der Waals surface area contributed by atoms with Crippen molar-refractivity contribution in [2.45, 2.75) is 66.2 Å². The lowest BCUT2D eigenvalue weighted by atomic mass is 9.90. The van der Waals surface area contributed by atoms with Gasteiger partial charge in [0.15, 0.2) is 6.10 Å². The van der Waals surface area contributed by atoms with Crippen LogP contribution in [0.3, 0.4) is 0 Å². The second kappa shape index (κ2) is 7.95. The van der Waals surface area contributed by atoms with Gasteiger partial charge >= 0.3 is 5.97 Å². The fraction of sp³-hybridized carbons (Fsp3) is 0.647. The van der Waals surface area contributed by atoms with Crippen molar-refractivity contribution in [3.05, 3.63) is 17.5 Å². The van der Waals surface area contributed by atoms with Gasteiger partial charge in [-0.15, -0.1) is 0 Å². The number of aromatic nitrogens is 2. The number of nitrogens with one attached hydrogen (secondary N) is 1. The highest BCUT2D eigenvalue weighted by atomic mass is 16.5. The van der Waals surface area contributed by atoms with E-state index in [0.29, 0.717) is 6.54 Å². The molecular weight excluding hydrogens is 308 g/mol. The van der Waals surface area contributed by atoms with Crippen molar-refractivity contribution in [2.75, 3.05) is 0 Å². The van der Waals surface area contributed by atoms with E-state index in [1.165, 1.54) is 6.92 Å². The van der Waals surface area contributed by atoms with Crippen LogP contribution in [0.1, 0.15) is 45.5 Å². The summed E-state index contributed by atoms with van der Waals surface area (Å²) in [7, 11) is 0. The normalized spacial score (nSPS) is 14.6. The molecule has 0 aromatic carbocycles. The molecule has 0 saturated carbocycles. The molecule has 0 aliphatic carbocycles. The van der Waals surface area contributed by atoms with E-state index in [-0.39, 0.29) is 12.3 Å². The largest absolute Gasteiger partial charge is 0.452 e. The molecule has 0 bridgehead atoms. The monoisotopic (exact) mass is 334 g/mol. The van der Waals surface area contributed by atoms with E-state index >= 15 is 0 Å². The summed E-state index contributed by atoms with van der Waals surface area (Å²) in [6.07, 6.45) is -0.830. The molecule has 0 fully saturated rings. The van der Waals surface area contributed by atoms with E-state index in [1.54, 1.807) is 11.6 Å². The Balaban J connectivity index is 2.53. The Morgan fingerprint density at radius 2 is 2.04 bits per heavy atom. The van der Waals surface area contributed by atoms with Crippen molar-refractivity contribution in [3.63, 3.8) is 0 Å². The van der Waals surface area contributed by atoms with Crippen LogP contribution in [0.2, 0.25) is 0 Å². The van der Waals surface area contributed by atoms with Gasteiger partial charge in [0.2, 0.25) is 0 Å². The molecule has 1 heterocycles. The van der Waals surface area contributed by atoms with Crippen LogP contribution >= 0.6 is 0 Å². The molecule has 1 N–H and O–H groups in total. The quantitative estimate of drug-likeness (QED) is 0.768. The number of carbonyl (C=O) groups is 2. The third-order valence-corrected chi connectivity index (χ3v) is 4.08. The summed E-state index contributed by atoms with van der Waals surface area (Å²) in [5, 5.41) is 16.1. The number of carbonyl (C=O) groups excluding carboxylic acids is 2. The summed E-state index contributed by atoms with van der Waals surface area (Å²) in [5.74, 6) is -1.03. The molecule has 1 aromatic rings. The van der Waals surface area contributed by atoms with E-state index in [4.69, 9.17) is 4.74 Å². The molecule has 0 aliphatic rings. The maximum Gasteiger partial charge on any atom is 0.308 e. The Bertz CT molecular complexity index is 645. The zero-order chi connectivity index (χ0) is 18.5. The van der Waals surface area contributed by atoms with Crippen molar-refractivity contribution in [3.8, 4) is 6.07 Å². The third-order valence-electron chi connectivity index (χ3n) is 4.08. The molecule has 2 unspecified atom stereocenters. The molecule has 7 nitrogen and oxygen atoms in total. The minimum Gasteiger partial charge on any atom is -0.452 e. The minimum atomic E-state index is -0.999. The van der Waals surface area contributed by atoms with Crippen LogP contribution in [0.5, 0.6) is 0 Å². The fourth-order valence-corrected chi connectivity index (χ4v) is 2.07. The molecule has 0 aliphatic heterocycles. The number of hydrogen-bond donors (Lipinski definition) is 1. The second-order valence-electron chi connectivity index (χ2n) is 6.49. The van der Waals surface area contributed by atoms with Gasteiger partial charge < -0.3 is 10.1 Å². The van der Waals surface area contributed by atoms with Gasteiger partial charge in [-0.05, 0) is 39.7 Å². The molecule has 0 saturated heterocycles. The highest BCUT2D eigenvalue weighted by Crippen LogP contribution is 2.15. The molecule has 132 valence electrons. The summed E-state index contributed by atoms with van der Waals surface area (Å²) < 4.78 is 6.88. The molecule has 0 radical (unpaired) electrons. The second-order valence-corrected chi connectivity index (χ2v) is 6.49. The van der Waals surface area contributed by atoms with Crippen LogP contribution in [0, 0.1) is 31.1 Å². The van der Waals surface area contributed by atoms with E-state index < -0.39 is 23.5 Å². The Hall–Kier alpha value is -2.36. The predicted molar refractivity (Wildman–Crippen MR) is 88.9 cm³/mol.